The minimum Gasteiger partial charge on any atom is -0.353 e. The summed E-state index contributed by atoms with van der Waals surface area (Å²) in [5.41, 5.74) is 1.54. The first-order chi connectivity index (χ1) is 15.1. The molecule has 4 unspecified atom stereocenters. The standard InChI is InChI=1S/C25H26FN3OS/c1-15(22-13-16-6-7-18(22)12-16)27-23(30)14-31-25-21-5-3-2-4-20(21)24(28-29-25)17-8-10-19(26)11-9-17/h2-5,8-11,15-16,18,22H,6-7,12-14H2,1H3,(H,27,30). The number of rotatable bonds is 6. The Morgan fingerprint density at radius 3 is 2.58 bits per heavy atom. The van der Waals surface area contributed by atoms with Crippen molar-refractivity contribution in [3.8, 4) is 11.3 Å². The van der Waals surface area contributed by atoms with Gasteiger partial charge in [-0.25, -0.2) is 4.39 Å². The molecule has 4 nitrogen and oxygen atoms in total. The minimum absolute atomic E-state index is 0.0498. The Kier molecular flexibility index (Phi) is 5.65. The average Bonchev–Trinajstić information content (AvgIpc) is 3.42. The maximum Gasteiger partial charge on any atom is 0.230 e. The Morgan fingerprint density at radius 1 is 1.10 bits per heavy atom. The van der Waals surface area contributed by atoms with Gasteiger partial charge in [-0.3, -0.25) is 4.79 Å². The van der Waals surface area contributed by atoms with Gasteiger partial charge in [-0.15, -0.1) is 10.2 Å². The number of carbonyl (C=O) groups is 1. The highest BCUT2D eigenvalue weighted by molar-refractivity contribution is 8.00. The molecule has 1 aromatic heterocycles. The van der Waals surface area contributed by atoms with Crippen molar-refractivity contribution in [2.24, 2.45) is 17.8 Å². The molecule has 1 amide bonds. The van der Waals surface area contributed by atoms with E-state index in [4.69, 9.17) is 0 Å². The van der Waals surface area contributed by atoms with E-state index in [1.54, 1.807) is 12.1 Å². The molecule has 5 rings (SSSR count). The number of amides is 1. The van der Waals surface area contributed by atoms with Crippen molar-refractivity contribution in [2.45, 2.75) is 43.7 Å². The molecule has 0 saturated heterocycles. The Morgan fingerprint density at radius 2 is 1.87 bits per heavy atom. The zero-order valence-corrected chi connectivity index (χ0v) is 18.4. The van der Waals surface area contributed by atoms with Crippen LogP contribution in [0.3, 0.4) is 0 Å². The third-order valence-electron chi connectivity index (χ3n) is 6.93. The van der Waals surface area contributed by atoms with Gasteiger partial charge in [-0.2, -0.15) is 0 Å². The first kappa shape index (κ1) is 20.4. The monoisotopic (exact) mass is 435 g/mol. The fourth-order valence-corrected chi connectivity index (χ4v) is 6.23. The molecule has 3 aromatic rings. The van der Waals surface area contributed by atoms with E-state index in [0.717, 1.165) is 33.2 Å². The lowest BCUT2D eigenvalue weighted by molar-refractivity contribution is -0.119. The molecule has 2 bridgehead atoms. The summed E-state index contributed by atoms with van der Waals surface area (Å²) in [5.74, 6) is 2.39. The van der Waals surface area contributed by atoms with Crippen LogP contribution in [0.25, 0.3) is 22.0 Å². The van der Waals surface area contributed by atoms with Gasteiger partial charge in [0.15, 0.2) is 0 Å². The molecule has 160 valence electrons. The summed E-state index contributed by atoms with van der Waals surface area (Å²) in [6.07, 6.45) is 5.31. The second-order valence-corrected chi connectivity index (χ2v) is 9.85. The molecule has 1 N–H and O–H groups in total. The number of benzene rings is 2. The largest absolute Gasteiger partial charge is 0.353 e. The molecule has 0 aliphatic heterocycles. The normalized spacial score (nSPS) is 23.2. The van der Waals surface area contributed by atoms with Gasteiger partial charge in [0.2, 0.25) is 5.91 Å². The van der Waals surface area contributed by atoms with E-state index in [1.807, 2.05) is 24.3 Å². The number of halogens is 1. The maximum atomic E-state index is 13.3. The number of nitrogens with one attached hydrogen (secondary N) is 1. The molecule has 2 aliphatic carbocycles. The van der Waals surface area contributed by atoms with E-state index in [0.29, 0.717) is 17.4 Å². The fourth-order valence-electron chi connectivity index (χ4n) is 5.45. The van der Waals surface area contributed by atoms with Crippen LogP contribution in [0, 0.1) is 23.6 Å². The third-order valence-corrected chi connectivity index (χ3v) is 7.92. The zero-order chi connectivity index (χ0) is 21.4. The van der Waals surface area contributed by atoms with Gasteiger partial charge in [0, 0.05) is 22.4 Å². The van der Waals surface area contributed by atoms with Crippen molar-refractivity contribution in [1.29, 1.82) is 0 Å². The fraction of sp³-hybridized carbons (Fsp3) is 0.400. The van der Waals surface area contributed by atoms with E-state index >= 15 is 0 Å². The van der Waals surface area contributed by atoms with E-state index in [1.165, 1.54) is 49.6 Å². The van der Waals surface area contributed by atoms with Crippen molar-refractivity contribution in [3.05, 3.63) is 54.3 Å². The highest BCUT2D eigenvalue weighted by Gasteiger charge is 2.42. The van der Waals surface area contributed by atoms with E-state index in [9.17, 15) is 9.18 Å². The highest BCUT2D eigenvalue weighted by atomic mass is 32.2. The summed E-state index contributed by atoms with van der Waals surface area (Å²) in [6, 6.07) is 14.4. The van der Waals surface area contributed by atoms with Crippen LogP contribution in [0.2, 0.25) is 0 Å². The van der Waals surface area contributed by atoms with Crippen molar-refractivity contribution in [1.82, 2.24) is 15.5 Å². The molecular formula is C25H26FN3OS. The maximum absolute atomic E-state index is 13.3. The number of hydrogen-bond donors (Lipinski definition) is 1. The predicted molar refractivity (Wildman–Crippen MR) is 122 cm³/mol. The predicted octanol–water partition coefficient (Wildman–Crippen LogP) is 5.47. The second-order valence-electron chi connectivity index (χ2n) is 8.89. The first-order valence-electron chi connectivity index (χ1n) is 11.0. The lowest BCUT2D eigenvalue weighted by Crippen LogP contribution is -2.40. The molecule has 1 heterocycles. The molecule has 31 heavy (non-hydrogen) atoms. The smallest absolute Gasteiger partial charge is 0.230 e. The van der Waals surface area contributed by atoms with Crippen LogP contribution in [0.4, 0.5) is 4.39 Å². The molecule has 2 aromatic carbocycles. The van der Waals surface area contributed by atoms with Crippen LogP contribution in [0.15, 0.2) is 53.6 Å². The molecule has 0 radical (unpaired) electrons. The van der Waals surface area contributed by atoms with Crippen LogP contribution >= 0.6 is 11.8 Å². The molecule has 2 saturated carbocycles. The third kappa shape index (κ3) is 4.18. The number of thioether (sulfide) groups is 1. The highest BCUT2D eigenvalue weighted by Crippen LogP contribution is 2.49. The quantitative estimate of drug-likeness (QED) is 0.522. The Hall–Kier alpha value is -2.47. The summed E-state index contributed by atoms with van der Waals surface area (Å²) in [4.78, 5) is 12.6. The van der Waals surface area contributed by atoms with Crippen molar-refractivity contribution in [3.63, 3.8) is 0 Å². The number of hydrogen-bond acceptors (Lipinski definition) is 4. The molecule has 4 atom stereocenters. The Labute approximate surface area is 186 Å². The topological polar surface area (TPSA) is 54.9 Å². The summed E-state index contributed by atoms with van der Waals surface area (Å²) >= 11 is 1.42. The number of nitrogens with zero attached hydrogens (tertiary/aromatic N) is 2. The minimum atomic E-state index is -0.279. The van der Waals surface area contributed by atoms with Gasteiger partial charge >= 0.3 is 0 Å². The van der Waals surface area contributed by atoms with Crippen LogP contribution in [-0.2, 0) is 4.79 Å². The average molecular weight is 436 g/mol. The van der Waals surface area contributed by atoms with Crippen LogP contribution in [0.1, 0.15) is 32.6 Å². The van der Waals surface area contributed by atoms with E-state index in [2.05, 4.69) is 22.4 Å². The number of fused-ring (bicyclic) bond motifs is 3. The first-order valence-corrected chi connectivity index (χ1v) is 12.0. The Bertz CT molecular complexity index is 1100. The van der Waals surface area contributed by atoms with Crippen LogP contribution in [-0.4, -0.2) is 27.9 Å². The summed E-state index contributed by atoms with van der Waals surface area (Å²) in [7, 11) is 0. The molecule has 2 aliphatic rings. The lowest BCUT2D eigenvalue weighted by atomic mass is 9.84. The van der Waals surface area contributed by atoms with Crippen LogP contribution in [0.5, 0.6) is 0 Å². The van der Waals surface area contributed by atoms with Gasteiger partial charge in [0.1, 0.15) is 16.5 Å². The van der Waals surface area contributed by atoms with Crippen molar-refractivity contribution >= 4 is 28.4 Å². The zero-order valence-electron chi connectivity index (χ0n) is 17.6. The summed E-state index contributed by atoms with van der Waals surface area (Å²) in [6.45, 7) is 2.15. The number of carbonyl (C=O) groups excluding carboxylic acids is 1. The number of aromatic nitrogens is 2. The Balaban J connectivity index is 1.29. The van der Waals surface area contributed by atoms with E-state index in [-0.39, 0.29) is 17.8 Å². The van der Waals surface area contributed by atoms with E-state index < -0.39 is 0 Å². The van der Waals surface area contributed by atoms with Gasteiger partial charge < -0.3 is 5.32 Å². The molecule has 0 spiro atoms. The van der Waals surface area contributed by atoms with Gasteiger partial charge in [-0.05, 0) is 68.2 Å². The lowest BCUT2D eigenvalue weighted by Gasteiger charge is -2.28. The SMILES string of the molecule is CC(NC(=O)CSc1nnc(-c2ccc(F)cc2)c2ccccc12)C1CC2CCC1C2. The van der Waals surface area contributed by atoms with Gasteiger partial charge in [-0.1, -0.05) is 42.4 Å². The van der Waals surface area contributed by atoms with Crippen molar-refractivity contribution in [2.75, 3.05) is 5.75 Å². The van der Waals surface area contributed by atoms with Gasteiger partial charge in [0.05, 0.1) is 5.75 Å². The molecule has 2 fully saturated rings. The van der Waals surface area contributed by atoms with Gasteiger partial charge in [0.25, 0.3) is 0 Å². The molecular weight excluding hydrogens is 409 g/mol. The molecule has 6 heteroatoms. The second kappa shape index (κ2) is 8.58. The van der Waals surface area contributed by atoms with Crippen molar-refractivity contribution < 1.29 is 9.18 Å². The summed E-state index contributed by atoms with van der Waals surface area (Å²) < 4.78 is 13.3. The van der Waals surface area contributed by atoms with Crippen LogP contribution < -0.4 is 5.32 Å². The summed E-state index contributed by atoms with van der Waals surface area (Å²) in [5, 5.41) is 14.7.